The minimum atomic E-state index is -0.304. The Morgan fingerprint density at radius 2 is 2.50 bits per heavy atom. The van der Waals surface area contributed by atoms with Crippen LogP contribution in [0.1, 0.15) is 20.3 Å². The molecule has 0 radical (unpaired) electrons. The van der Waals surface area contributed by atoms with Crippen LogP contribution in [0.25, 0.3) is 0 Å². The van der Waals surface area contributed by atoms with Crippen molar-refractivity contribution < 1.29 is 9.53 Å². The van der Waals surface area contributed by atoms with E-state index in [1.54, 1.807) is 13.1 Å². The Labute approximate surface area is 72.3 Å². The molecule has 0 aromatic heterocycles. The van der Waals surface area contributed by atoms with Crippen molar-refractivity contribution in [3.63, 3.8) is 0 Å². The number of hydrogen-bond acceptors (Lipinski definition) is 2. The highest BCUT2D eigenvalue weighted by Crippen LogP contribution is 2.12. The molecule has 0 bridgehead atoms. The third-order valence-electron chi connectivity index (χ3n) is 1.65. The summed E-state index contributed by atoms with van der Waals surface area (Å²) >= 11 is 0. The summed E-state index contributed by atoms with van der Waals surface area (Å²) in [5.74, 6) is 0. The second kappa shape index (κ2) is 3.95. The molecular weight excluding hydrogens is 154 g/mol. The van der Waals surface area contributed by atoms with Crippen molar-refractivity contribution in [1.82, 2.24) is 4.90 Å². The maximum Gasteiger partial charge on any atom is 0.418 e. The molecule has 0 aliphatic carbocycles. The number of nitrogens with zero attached hydrogens (tertiary/aromatic N) is 1. The molecule has 3 heteroatoms. The number of allylic oxidation sites excluding steroid dienone is 3. The van der Waals surface area contributed by atoms with Crippen molar-refractivity contribution in [2.75, 3.05) is 6.61 Å². The molecule has 3 nitrogen and oxygen atoms in total. The maximum atomic E-state index is 11.2. The largest absolute Gasteiger partial charge is 0.449 e. The van der Waals surface area contributed by atoms with E-state index in [-0.39, 0.29) is 6.09 Å². The van der Waals surface area contributed by atoms with E-state index in [4.69, 9.17) is 4.74 Å². The number of hydrogen-bond donors (Lipinski definition) is 0. The van der Waals surface area contributed by atoms with E-state index in [0.717, 1.165) is 12.1 Å². The first-order chi connectivity index (χ1) is 5.75. The van der Waals surface area contributed by atoms with Gasteiger partial charge >= 0.3 is 6.09 Å². The highest BCUT2D eigenvalue weighted by atomic mass is 16.6. The van der Waals surface area contributed by atoms with Crippen LogP contribution >= 0.6 is 0 Å². The zero-order chi connectivity index (χ0) is 8.97. The van der Waals surface area contributed by atoms with Crippen LogP contribution in [0.5, 0.6) is 0 Å². The Balaban J connectivity index is 2.61. The highest BCUT2D eigenvalue weighted by Gasteiger charge is 2.14. The summed E-state index contributed by atoms with van der Waals surface area (Å²) in [4.78, 5) is 12.7. The smallest absolute Gasteiger partial charge is 0.418 e. The lowest BCUT2D eigenvalue weighted by atomic mass is 10.2. The van der Waals surface area contributed by atoms with Crippen molar-refractivity contribution in [3.8, 4) is 0 Å². The Morgan fingerprint density at radius 3 is 3.08 bits per heavy atom. The van der Waals surface area contributed by atoms with Crippen molar-refractivity contribution in [2.45, 2.75) is 20.3 Å². The van der Waals surface area contributed by atoms with Crippen molar-refractivity contribution in [1.29, 1.82) is 0 Å². The van der Waals surface area contributed by atoms with Crippen LogP contribution in [0, 0.1) is 0 Å². The zero-order valence-corrected chi connectivity index (χ0v) is 7.41. The Bertz CT molecular complexity index is 231. The molecule has 1 heterocycles. The molecule has 0 unspecified atom stereocenters. The van der Waals surface area contributed by atoms with Gasteiger partial charge in [-0.1, -0.05) is 12.2 Å². The van der Waals surface area contributed by atoms with E-state index in [9.17, 15) is 4.79 Å². The Kier molecular flexibility index (Phi) is 2.91. The molecule has 12 heavy (non-hydrogen) atoms. The van der Waals surface area contributed by atoms with Gasteiger partial charge in [-0.2, -0.15) is 0 Å². The molecule has 0 saturated heterocycles. The van der Waals surface area contributed by atoms with E-state index < -0.39 is 0 Å². The maximum absolute atomic E-state index is 11.2. The number of amides is 1. The van der Waals surface area contributed by atoms with Gasteiger partial charge in [-0.3, -0.25) is 4.90 Å². The summed E-state index contributed by atoms with van der Waals surface area (Å²) in [5, 5.41) is 0. The minimum absolute atomic E-state index is 0.304. The third-order valence-corrected chi connectivity index (χ3v) is 1.65. The van der Waals surface area contributed by atoms with E-state index in [2.05, 4.69) is 0 Å². The zero-order valence-electron chi connectivity index (χ0n) is 7.41. The topological polar surface area (TPSA) is 29.5 Å². The molecular formula is C9H13NO2. The second-order valence-electron chi connectivity index (χ2n) is 2.53. The van der Waals surface area contributed by atoms with Gasteiger partial charge in [0.2, 0.25) is 0 Å². The van der Waals surface area contributed by atoms with Gasteiger partial charge in [0.1, 0.15) is 0 Å². The Hall–Kier alpha value is -1.25. The first kappa shape index (κ1) is 8.84. The third kappa shape index (κ3) is 1.87. The molecule has 0 N–H and O–H groups in total. The van der Waals surface area contributed by atoms with Gasteiger partial charge in [-0.25, -0.2) is 4.79 Å². The predicted molar refractivity (Wildman–Crippen MR) is 46.4 cm³/mol. The lowest BCUT2D eigenvalue weighted by Gasteiger charge is -2.20. The molecule has 1 amide bonds. The van der Waals surface area contributed by atoms with Gasteiger partial charge < -0.3 is 4.74 Å². The summed E-state index contributed by atoms with van der Waals surface area (Å²) in [6, 6.07) is 0. The van der Waals surface area contributed by atoms with Gasteiger partial charge in [-0.15, -0.1) is 0 Å². The number of carbonyl (C=O) groups excluding carboxylic acids is 1. The van der Waals surface area contributed by atoms with E-state index >= 15 is 0 Å². The molecule has 0 aromatic carbocycles. The van der Waals surface area contributed by atoms with Gasteiger partial charge in [0.25, 0.3) is 0 Å². The molecule has 0 fully saturated rings. The van der Waals surface area contributed by atoms with Crippen LogP contribution in [0.15, 0.2) is 24.0 Å². The summed E-state index contributed by atoms with van der Waals surface area (Å²) < 4.78 is 4.85. The summed E-state index contributed by atoms with van der Waals surface area (Å²) in [6.45, 7) is 4.10. The monoisotopic (exact) mass is 167 g/mol. The Morgan fingerprint density at radius 1 is 1.75 bits per heavy atom. The summed E-state index contributed by atoms with van der Waals surface area (Å²) in [7, 11) is 0. The molecule has 0 saturated carbocycles. The van der Waals surface area contributed by atoms with Crippen molar-refractivity contribution >= 4 is 6.09 Å². The molecule has 0 aromatic rings. The normalized spacial score (nSPS) is 15.8. The second-order valence-corrected chi connectivity index (χ2v) is 2.53. The molecule has 1 aliphatic heterocycles. The molecule has 66 valence electrons. The highest BCUT2D eigenvalue weighted by molar-refractivity contribution is 5.71. The van der Waals surface area contributed by atoms with Crippen LogP contribution in [0.4, 0.5) is 4.79 Å². The molecule has 0 atom stereocenters. The van der Waals surface area contributed by atoms with E-state index in [1.807, 2.05) is 19.1 Å². The van der Waals surface area contributed by atoms with Crippen LogP contribution in [0.3, 0.4) is 0 Å². The first-order valence-corrected chi connectivity index (χ1v) is 4.05. The number of rotatable bonds is 1. The summed E-state index contributed by atoms with van der Waals surface area (Å²) in [6.07, 6.45) is 6.23. The fraction of sp³-hybridized carbons (Fsp3) is 0.444. The van der Waals surface area contributed by atoms with Crippen molar-refractivity contribution in [2.24, 2.45) is 0 Å². The van der Waals surface area contributed by atoms with Gasteiger partial charge in [0.15, 0.2) is 0 Å². The quantitative estimate of drug-likeness (QED) is 0.599. The standard InChI is InChI=1S/C9H13NO2/c1-3-12-9(11)10-7-5-4-6-8(10)2/h5-7H,3-4H2,1-2H3. The molecule has 0 spiro atoms. The average molecular weight is 167 g/mol. The molecule has 1 rings (SSSR count). The predicted octanol–water partition coefficient (Wildman–Crippen LogP) is 2.27. The lowest BCUT2D eigenvalue weighted by molar-refractivity contribution is 0.130. The SMILES string of the molecule is CCOC(=O)N1C=CCC=C1C. The lowest BCUT2D eigenvalue weighted by Crippen LogP contribution is -2.25. The van der Waals surface area contributed by atoms with Crippen molar-refractivity contribution in [3.05, 3.63) is 24.0 Å². The van der Waals surface area contributed by atoms with E-state index in [0.29, 0.717) is 6.61 Å². The minimum Gasteiger partial charge on any atom is -0.449 e. The summed E-state index contributed by atoms with van der Waals surface area (Å²) in [5.41, 5.74) is 0.927. The van der Waals surface area contributed by atoms with E-state index in [1.165, 1.54) is 4.90 Å². The fourth-order valence-electron chi connectivity index (χ4n) is 1.02. The van der Waals surface area contributed by atoms with Gasteiger partial charge in [-0.05, 0) is 20.3 Å². The van der Waals surface area contributed by atoms with Gasteiger partial charge in [0.05, 0.1) is 6.61 Å². The first-order valence-electron chi connectivity index (χ1n) is 4.05. The number of ether oxygens (including phenoxy) is 1. The van der Waals surface area contributed by atoms with Crippen LogP contribution < -0.4 is 0 Å². The van der Waals surface area contributed by atoms with Crippen LogP contribution in [0.2, 0.25) is 0 Å². The molecule has 1 aliphatic rings. The fourth-order valence-corrected chi connectivity index (χ4v) is 1.02. The van der Waals surface area contributed by atoms with Crippen LogP contribution in [-0.4, -0.2) is 17.6 Å². The average Bonchev–Trinajstić information content (AvgIpc) is 2.05. The van der Waals surface area contributed by atoms with Gasteiger partial charge in [0, 0.05) is 11.9 Å². The van der Waals surface area contributed by atoms with Crippen LogP contribution in [-0.2, 0) is 4.74 Å². The number of carbonyl (C=O) groups is 1.